The van der Waals surface area contributed by atoms with Crippen molar-refractivity contribution in [3.05, 3.63) is 24.3 Å². The topological polar surface area (TPSA) is 58.9 Å². The first kappa shape index (κ1) is 14.8. The summed E-state index contributed by atoms with van der Waals surface area (Å²) in [6.45, 7) is 3.87. The monoisotopic (exact) mass is 254 g/mol. The van der Waals surface area contributed by atoms with E-state index in [2.05, 4.69) is 0 Å². The van der Waals surface area contributed by atoms with Crippen molar-refractivity contribution in [2.75, 3.05) is 20.3 Å². The van der Waals surface area contributed by atoms with E-state index in [0.717, 1.165) is 11.5 Å². The molecule has 0 fully saturated rings. The third kappa shape index (κ3) is 4.94. The number of ether oxygens (including phenoxy) is 2. The van der Waals surface area contributed by atoms with Gasteiger partial charge in [0.2, 0.25) is 0 Å². The first-order valence-electron chi connectivity index (χ1n) is 6.07. The van der Waals surface area contributed by atoms with Crippen molar-refractivity contribution in [2.45, 2.75) is 25.9 Å². The molecule has 0 aromatic heterocycles. The number of benzene rings is 1. The third-order valence-corrected chi connectivity index (χ3v) is 2.72. The van der Waals surface area contributed by atoms with Crippen LogP contribution in [0, 0.1) is 5.92 Å². The fraction of sp³-hybridized carbons (Fsp3) is 0.571. The highest BCUT2D eigenvalue weighted by Gasteiger charge is 2.22. The highest BCUT2D eigenvalue weighted by Crippen LogP contribution is 2.20. The molecule has 18 heavy (non-hydrogen) atoms. The Morgan fingerprint density at radius 2 is 1.78 bits per heavy atom. The second-order valence-corrected chi connectivity index (χ2v) is 4.95. The summed E-state index contributed by atoms with van der Waals surface area (Å²) in [5, 5.41) is 18.7. The molecule has 1 rings (SSSR count). The molecule has 102 valence electrons. The summed E-state index contributed by atoms with van der Waals surface area (Å²) in [5.74, 6) is 1.72. The highest BCUT2D eigenvalue weighted by atomic mass is 16.5. The lowest BCUT2D eigenvalue weighted by Crippen LogP contribution is -2.32. The van der Waals surface area contributed by atoms with Crippen LogP contribution in [0.15, 0.2) is 24.3 Å². The predicted octanol–water partition coefficient (Wildman–Crippen LogP) is 1.84. The number of hydrogen-bond donors (Lipinski definition) is 2. The van der Waals surface area contributed by atoms with Crippen molar-refractivity contribution >= 4 is 0 Å². The van der Waals surface area contributed by atoms with E-state index in [1.54, 1.807) is 14.0 Å². The predicted molar refractivity (Wildman–Crippen MR) is 70.0 cm³/mol. The molecule has 2 N–H and O–H groups in total. The second kappa shape index (κ2) is 6.61. The van der Waals surface area contributed by atoms with Gasteiger partial charge in [-0.15, -0.1) is 0 Å². The minimum Gasteiger partial charge on any atom is -0.497 e. The van der Waals surface area contributed by atoms with E-state index in [4.69, 9.17) is 14.6 Å². The maximum atomic E-state index is 9.74. The van der Waals surface area contributed by atoms with Crippen molar-refractivity contribution in [1.29, 1.82) is 0 Å². The van der Waals surface area contributed by atoms with Crippen LogP contribution in [0.5, 0.6) is 11.5 Å². The Morgan fingerprint density at radius 1 is 1.22 bits per heavy atom. The molecule has 1 aromatic carbocycles. The molecular weight excluding hydrogens is 232 g/mol. The molecule has 0 aliphatic heterocycles. The quantitative estimate of drug-likeness (QED) is 0.779. The van der Waals surface area contributed by atoms with Gasteiger partial charge in [-0.1, -0.05) is 6.92 Å². The van der Waals surface area contributed by atoms with E-state index in [9.17, 15) is 5.11 Å². The Balaban J connectivity index is 2.39. The van der Waals surface area contributed by atoms with E-state index >= 15 is 0 Å². The van der Waals surface area contributed by atoms with E-state index in [0.29, 0.717) is 13.0 Å². The molecule has 0 radical (unpaired) electrons. The van der Waals surface area contributed by atoms with Crippen molar-refractivity contribution in [1.82, 2.24) is 0 Å². The number of hydrogen-bond acceptors (Lipinski definition) is 4. The molecule has 0 amide bonds. The smallest absolute Gasteiger partial charge is 0.119 e. The van der Waals surface area contributed by atoms with Gasteiger partial charge < -0.3 is 19.7 Å². The van der Waals surface area contributed by atoms with E-state index in [-0.39, 0.29) is 12.5 Å². The maximum absolute atomic E-state index is 9.74. The Kier molecular flexibility index (Phi) is 5.44. The van der Waals surface area contributed by atoms with Gasteiger partial charge in [0.05, 0.1) is 25.9 Å². The van der Waals surface area contributed by atoms with Crippen molar-refractivity contribution in [2.24, 2.45) is 5.92 Å². The lowest BCUT2D eigenvalue weighted by molar-refractivity contribution is -0.0201. The molecule has 0 unspecified atom stereocenters. The average Bonchev–Trinajstić information content (AvgIpc) is 2.36. The zero-order valence-electron chi connectivity index (χ0n) is 11.2. The van der Waals surface area contributed by atoms with Gasteiger partial charge in [0.15, 0.2) is 0 Å². The van der Waals surface area contributed by atoms with Gasteiger partial charge in [-0.2, -0.15) is 0 Å². The molecule has 0 bridgehead atoms. The van der Waals surface area contributed by atoms with Crippen LogP contribution in [0.2, 0.25) is 0 Å². The normalized spacial score (nSPS) is 15.8. The summed E-state index contributed by atoms with van der Waals surface area (Å²) in [6.07, 6.45) is 0.500. The maximum Gasteiger partial charge on any atom is 0.119 e. The first-order valence-corrected chi connectivity index (χ1v) is 6.07. The number of aliphatic hydroxyl groups excluding tert-OH is 1. The van der Waals surface area contributed by atoms with Crippen LogP contribution in [0.1, 0.15) is 20.3 Å². The van der Waals surface area contributed by atoms with Crippen LogP contribution < -0.4 is 9.47 Å². The van der Waals surface area contributed by atoms with Crippen molar-refractivity contribution in [3.8, 4) is 11.5 Å². The zero-order chi connectivity index (χ0) is 13.6. The van der Waals surface area contributed by atoms with E-state index in [1.165, 1.54) is 0 Å². The Morgan fingerprint density at radius 3 is 2.28 bits per heavy atom. The summed E-state index contributed by atoms with van der Waals surface area (Å²) >= 11 is 0. The van der Waals surface area contributed by atoms with Crippen LogP contribution in [0.25, 0.3) is 0 Å². The van der Waals surface area contributed by atoms with Crippen molar-refractivity contribution in [3.63, 3.8) is 0 Å². The summed E-state index contributed by atoms with van der Waals surface area (Å²) < 4.78 is 10.7. The SMILES string of the molecule is COc1ccc(OC[C@@H](C)C[C@](C)(O)CO)cc1. The van der Waals surface area contributed by atoms with Gasteiger partial charge >= 0.3 is 0 Å². The van der Waals surface area contributed by atoms with Crippen molar-refractivity contribution < 1.29 is 19.7 Å². The fourth-order valence-corrected chi connectivity index (χ4v) is 1.78. The van der Waals surface area contributed by atoms with Gasteiger partial charge in [0.25, 0.3) is 0 Å². The number of rotatable bonds is 7. The first-order chi connectivity index (χ1) is 8.46. The Bertz CT molecular complexity index is 345. The number of methoxy groups -OCH3 is 1. The standard InChI is InChI=1S/C14H22O4/c1-11(8-14(2,16)10-15)9-18-13-6-4-12(17-3)5-7-13/h4-7,11,15-16H,8-10H2,1-3H3/t11-,14-/m0/s1. The molecule has 2 atom stereocenters. The van der Waals surface area contributed by atoms with Gasteiger partial charge in [0, 0.05) is 0 Å². The molecule has 0 saturated carbocycles. The molecule has 0 heterocycles. The molecule has 0 aliphatic rings. The van der Waals surface area contributed by atoms with Gasteiger partial charge in [-0.25, -0.2) is 0 Å². The molecule has 0 aliphatic carbocycles. The lowest BCUT2D eigenvalue weighted by Gasteiger charge is -2.24. The van der Waals surface area contributed by atoms with Gasteiger partial charge in [0.1, 0.15) is 11.5 Å². The van der Waals surface area contributed by atoms with E-state index in [1.807, 2.05) is 31.2 Å². The van der Waals surface area contributed by atoms with Crippen LogP contribution in [0.3, 0.4) is 0 Å². The molecule has 4 nitrogen and oxygen atoms in total. The molecule has 1 aromatic rings. The Hall–Kier alpha value is -1.26. The summed E-state index contributed by atoms with van der Waals surface area (Å²) in [5.41, 5.74) is -1.04. The lowest BCUT2D eigenvalue weighted by atomic mass is 9.94. The van der Waals surface area contributed by atoms with Gasteiger partial charge in [-0.3, -0.25) is 0 Å². The second-order valence-electron chi connectivity index (χ2n) is 4.95. The van der Waals surface area contributed by atoms with E-state index < -0.39 is 5.60 Å². The molecular formula is C14H22O4. The molecule has 0 spiro atoms. The largest absolute Gasteiger partial charge is 0.497 e. The molecule has 0 saturated heterocycles. The summed E-state index contributed by atoms with van der Waals surface area (Å²) in [7, 11) is 1.62. The highest BCUT2D eigenvalue weighted by molar-refractivity contribution is 5.31. The van der Waals surface area contributed by atoms with Crippen LogP contribution in [0.4, 0.5) is 0 Å². The van der Waals surface area contributed by atoms with Gasteiger partial charge in [-0.05, 0) is 43.5 Å². The minimum atomic E-state index is -1.04. The average molecular weight is 254 g/mol. The summed E-state index contributed by atoms with van der Waals surface area (Å²) in [6, 6.07) is 7.36. The van der Waals surface area contributed by atoms with Crippen LogP contribution >= 0.6 is 0 Å². The summed E-state index contributed by atoms with van der Waals surface area (Å²) in [4.78, 5) is 0. The number of aliphatic hydroxyl groups is 2. The third-order valence-electron chi connectivity index (χ3n) is 2.72. The molecule has 4 heteroatoms. The van der Waals surface area contributed by atoms with Crippen LogP contribution in [-0.2, 0) is 0 Å². The Labute approximate surface area is 108 Å². The van der Waals surface area contributed by atoms with Crippen LogP contribution in [-0.4, -0.2) is 36.1 Å². The fourth-order valence-electron chi connectivity index (χ4n) is 1.78. The zero-order valence-corrected chi connectivity index (χ0v) is 11.2. The minimum absolute atomic E-state index is 0.161.